The molecule has 0 bridgehead atoms. The summed E-state index contributed by atoms with van der Waals surface area (Å²) < 4.78 is 4.98. The van der Waals surface area contributed by atoms with Crippen LogP contribution in [0.1, 0.15) is 44.2 Å². The van der Waals surface area contributed by atoms with E-state index in [0.29, 0.717) is 6.42 Å². The molecule has 0 aromatic heterocycles. The van der Waals surface area contributed by atoms with Crippen molar-refractivity contribution in [2.45, 2.75) is 38.6 Å². The largest absolute Gasteiger partial charge is 0.466 e. The predicted molar refractivity (Wildman–Crippen MR) is 89.3 cm³/mol. The Morgan fingerprint density at radius 3 is 2.73 bits per heavy atom. The van der Waals surface area contributed by atoms with Crippen LogP contribution in [0.15, 0.2) is 54.3 Å². The van der Waals surface area contributed by atoms with E-state index >= 15 is 0 Å². The van der Waals surface area contributed by atoms with E-state index in [0.717, 1.165) is 37.1 Å². The molecule has 0 amide bonds. The van der Waals surface area contributed by atoms with Gasteiger partial charge in [-0.05, 0) is 38.2 Å². The molecule has 0 unspecified atom stereocenters. The number of esters is 1. The molecule has 3 heteroatoms. The minimum absolute atomic E-state index is 0.234. The first-order valence-corrected chi connectivity index (χ1v) is 7.91. The van der Waals surface area contributed by atoms with E-state index in [9.17, 15) is 4.79 Å². The summed E-state index contributed by atoms with van der Waals surface area (Å²) in [6.07, 6.45) is 5.53. The van der Waals surface area contributed by atoms with Crippen molar-refractivity contribution in [3.8, 4) is 0 Å². The highest BCUT2D eigenvalue weighted by Gasteiger charge is 2.26. The fourth-order valence-electron chi connectivity index (χ4n) is 3.10. The first-order chi connectivity index (χ1) is 10.7. The van der Waals surface area contributed by atoms with Crippen LogP contribution in [0.3, 0.4) is 0 Å². The zero-order valence-electron chi connectivity index (χ0n) is 13.5. The maximum atomic E-state index is 12.2. The minimum atomic E-state index is -0.234. The van der Waals surface area contributed by atoms with Crippen LogP contribution in [-0.2, 0) is 9.53 Å². The van der Waals surface area contributed by atoms with Gasteiger partial charge in [-0.15, -0.1) is 6.58 Å². The second kappa shape index (κ2) is 7.83. The number of rotatable bonds is 5. The van der Waals surface area contributed by atoms with Crippen LogP contribution in [0.25, 0.3) is 0 Å². The molecule has 3 nitrogen and oxygen atoms in total. The Balaban J connectivity index is 2.38. The van der Waals surface area contributed by atoms with Crippen LogP contribution in [0.4, 0.5) is 0 Å². The molecule has 1 aliphatic heterocycles. The molecule has 2 rings (SSSR count). The topological polar surface area (TPSA) is 29.5 Å². The first-order valence-electron chi connectivity index (χ1n) is 7.91. The minimum Gasteiger partial charge on any atom is -0.466 e. The van der Waals surface area contributed by atoms with E-state index in [4.69, 9.17) is 4.74 Å². The molecule has 1 heterocycles. The Bertz CT molecular complexity index is 548. The van der Waals surface area contributed by atoms with Gasteiger partial charge in [-0.25, -0.2) is 4.79 Å². The van der Waals surface area contributed by atoms with Gasteiger partial charge in [0.05, 0.1) is 18.7 Å². The molecule has 22 heavy (non-hydrogen) atoms. The number of ether oxygens (including phenoxy) is 1. The van der Waals surface area contributed by atoms with Crippen molar-refractivity contribution < 1.29 is 9.53 Å². The summed E-state index contributed by atoms with van der Waals surface area (Å²) in [5.74, 6) is -0.234. The maximum Gasteiger partial charge on any atom is 0.335 e. The molecule has 0 radical (unpaired) electrons. The average molecular weight is 299 g/mol. The molecule has 1 aromatic carbocycles. The van der Waals surface area contributed by atoms with Crippen molar-refractivity contribution in [1.29, 1.82) is 0 Å². The number of carbonyl (C=O) groups is 1. The number of piperidine rings is 1. The fourth-order valence-corrected chi connectivity index (χ4v) is 3.10. The predicted octanol–water partition coefficient (Wildman–Crippen LogP) is 4.24. The molecule has 1 atom stereocenters. The van der Waals surface area contributed by atoms with Gasteiger partial charge in [-0.3, -0.25) is 0 Å². The SMILES string of the molecule is C=CC/C(C(=O)OC)=C1\CCCCN1[C@@H](C)c1ccccc1. The molecule has 1 aliphatic rings. The zero-order chi connectivity index (χ0) is 15.9. The molecule has 1 fully saturated rings. The monoisotopic (exact) mass is 299 g/mol. The molecule has 0 saturated carbocycles. The standard InChI is InChI=1S/C19H25NO2/c1-4-10-17(19(21)22-3)18-13-8-9-14-20(18)15(2)16-11-6-5-7-12-16/h4-7,11-12,15H,1,8-10,13-14H2,2-3H3/b18-17-/t15-/m0/s1. The molecular formula is C19H25NO2. The maximum absolute atomic E-state index is 12.2. The van der Waals surface area contributed by atoms with Gasteiger partial charge in [0.2, 0.25) is 0 Å². The summed E-state index contributed by atoms with van der Waals surface area (Å²) >= 11 is 0. The van der Waals surface area contributed by atoms with E-state index in [-0.39, 0.29) is 12.0 Å². The van der Waals surface area contributed by atoms with Crippen LogP contribution in [0.2, 0.25) is 0 Å². The zero-order valence-corrected chi connectivity index (χ0v) is 13.5. The summed E-state index contributed by atoms with van der Waals surface area (Å²) in [5.41, 5.74) is 3.14. The number of allylic oxidation sites excluding steroid dienone is 2. The van der Waals surface area contributed by atoms with Crippen molar-refractivity contribution in [2.24, 2.45) is 0 Å². The number of nitrogens with zero attached hydrogens (tertiary/aromatic N) is 1. The van der Waals surface area contributed by atoms with E-state index in [1.54, 1.807) is 6.08 Å². The van der Waals surface area contributed by atoms with Gasteiger partial charge in [-0.2, -0.15) is 0 Å². The van der Waals surface area contributed by atoms with Crippen LogP contribution in [0.5, 0.6) is 0 Å². The summed E-state index contributed by atoms with van der Waals surface area (Å²) in [4.78, 5) is 14.5. The smallest absolute Gasteiger partial charge is 0.335 e. The van der Waals surface area contributed by atoms with E-state index < -0.39 is 0 Å². The summed E-state index contributed by atoms with van der Waals surface area (Å²) in [6.45, 7) is 6.95. The fraction of sp³-hybridized carbons (Fsp3) is 0.421. The Morgan fingerprint density at radius 1 is 1.36 bits per heavy atom. The van der Waals surface area contributed by atoms with Crippen LogP contribution in [0, 0.1) is 0 Å². The lowest BCUT2D eigenvalue weighted by molar-refractivity contribution is -0.136. The highest BCUT2D eigenvalue weighted by molar-refractivity contribution is 5.89. The van der Waals surface area contributed by atoms with Crippen molar-refractivity contribution in [3.63, 3.8) is 0 Å². The van der Waals surface area contributed by atoms with Gasteiger partial charge < -0.3 is 9.64 Å². The quantitative estimate of drug-likeness (QED) is 0.463. The van der Waals surface area contributed by atoms with Crippen LogP contribution >= 0.6 is 0 Å². The van der Waals surface area contributed by atoms with E-state index in [1.807, 2.05) is 6.07 Å². The molecule has 0 N–H and O–H groups in total. The lowest BCUT2D eigenvalue weighted by Crippen LogP contribution is -2.33. The lowest BCUT2D eigenvalue weighted by Gasteiger charge is -2.38. The summed E-state index contributed by atoms with van der Waals surface area (Å²) in [6, 6.07) is 10.7. The van der Waals surface area contributed by atoms with E-state index in [2.05, 4.69) is 42.7 Å². The van der Waals surface area contributed by atoms with Crippen LogP contribution < -0.4 is 0 Å². The van der Waals surface area contributed by atoms with Crippen molar-refractivity contribution in [3.05, 3.63) is 59.8 Å². The Labute approximate surface area is 133 Å². The highest BCUT2D eigenvalue weighted by atomic mass is 16.5. The molecule has 0 spiro atoms. The molecule has 0 aliphatic carbocycles. The normalized spacial score (nSPS) is 18.5. The average Bonchev–Trinajstić information content (AvgIpc) is 2.59. The van der Waals surface area contributed by atoms with E-state index in [1.165, 1.54) is 12.7 Å². The first kappa shape index (κ1) is 16.3. The number of benzene rings is 1. The van der Waals surface area contributed by atoms with Gasteiger partial charge in [0.1, 0.15) is 0 Å². The summed E-state index contributed by atoms with van der Waals surface area (Å²) in [7, 11) is 1.44. The number of likely N-dealkylation sites (tertiary alicyclic amines) is 1. The third kappa shape index (κ3) is 3.59. The Morgan fingerprint density at radius 2 is 2.09 bits per heavy atom. The molecule has 1 saturated heterocycles. The molecule has 1 aromatic rings. The van der Waals surface area contributed by atoms with Gasteiger partial charge in [0, 0.05) is 12.2 Å². The van der Waals surface area contributed by atoms with Crippen LogP contribution in [-0.4, -0.2) is 24.5 Å². The van der Waals surface area contributed by atoms with Gasteiger partial charge in [0.25, 0.3) is 0 Å². The van der Waals surface area contributed by atoms with Crippen molar-refractivity contribution >= 4 is 5.97 Å². The number of hydrogen-bond donors (Lipinski definition) is 0. The number of hydrogen-bond acceptors (Lipinski definition) is 3. The van der Waals surface area contributed by atoms with Gasteiger partial charge >= 0.3 is 5.97 Å². The number of methoxy groups -OCH3 is 1. The second-order valence-electron chi connectivity index (χ2n) is 5.65. The highest BCUT2D eigenvalue weighted by Crippen LogP contribution is 2.33. The second-order valence-corrected chi connectivity index (χ2v) is 5.65. The Hall–Kier alpha value is -2.03. The third-order valence-electron chi connectivity index (χ3n) is 4.29. The van der Waals surface area contributed by atoms with Gasteiger partial charge in [0.15, 0.2) is 0 Å². The molecule has 118 valence electrons. The summed E-state index contributed by atoms with van der Waals surface area (Å²) in [5, 5.41) is 0. The lowest BCUT2D eigenvalue weighted by atomic mass is 9.96. The Kier molecular flexibility index (Phi) is 5.82. The van der Waals surface area contributed by atoms with Gasteiger partial charge in [-0.1, -0.05) is 36.4 Å². The third-order valence-corrected chi connectivity index (χ3v) is 4.29. The molecular weight excluding hydrogens is 274 g/mol. The van der Waals surface area contributed by atoms with Crippen molar-refractivity contribution in [1.82, 2.24) is 4.90 Å². The number of carbonyl (C=O) groups excluding carboxylic acids is 1. The van der Waals surface area contributed by atoms with Crippen molar-refractivity contribution in [2.75, 3.05) is 13.7 Å².